The molecule has 0 saturated heterocycles. The van der Waals surface area contributed by atoms with Crippen LogP contribution in [0.4, 0.5) is 0 Å². The molecule has 4 heteroatoms. The van der Waals surface area contributed by atoms with Gasteiger partial charge in [0.1, 0.15) is 6.61 Å². The molecule has 0 fully saturated rings. The van der Waals surface area contributed by atoms with E-state index in [1.807, 2.05) is 25.1 Å². The molecule has 0 radical (unpaired) electrons. The summed E-state index contributed by atoms with van der Waals surface area (Å²) in [4.78, 5) is 13.4. The minimum atomic E-state index is -0.228. The number of carbonyl (C=O) groups excluding carboxylic acids is 1. The number of allylic oxidation sites excluding steroid dienone is 1. The lowest BCUT2D eigenvalue weighted by molar-refractivity contribution is -0.139. The normalized spacial score (nSPS) is 11.9. The van der Waals surface area contributed by atoms with Gasteiger partial charge in [-0.1, -0.05) is 6.08 Å². The smallest absolute Gasteiger partial charge is 0.333 e. The van der Waals surface area contributed by atoms with Gasteiger partial charge in [-0.15, -0.1) is 0 Å². The lowest BCUT2D eigenvalue weighted by atomic mass is 10.2. The van der Waals surface area contributed by atoms with Crippen LogP contribution in [0, 0.1) is 0 Å². The number of carbonyl (C=O) groups is 1. The third-order valence-corrected chi connectivity index (χ3v) is 1.95. The maximum atomic E-state index is 11.4. The van der Waals surface area contributed by atoms with Gasteiger partial charge in [0.2, 0.25) is 0 Å². The first-order chi connectivity index (χ1) is 7.07. The van der Waals surface area contributed by atoms with Crippen LogP contribution in [0.25, 0.3) is 0 Å². The van der Waals surface area contributed by atoms with Gasteiger partial charge in [-0.2, -0.15) is 0 Å². The Kier molecular flexibility index (Phi) is 7.95. The van der Waals surface area contributed by atoms with Crippen LogP contribution in [-0.4, -0.2) is 44.7 Å². The highest BCUT2D eigenvalue weighted by Crippen LogP contribution is 2.00. The Bertz CT molecular complexity index is 213. The molecule has 0 amide bonds. The number of hydrogen-bond acceptors (Lipinski definition) is 4. The number of nitrogens with zero attached hydrogens (tertiary/aromatic N) is 1. The van der Waals surface area contributed by atoms with E-state index in [1.54, 1.807) is 6.92 Å². The summed E-state index contributed by atoms with van der Waals surface area (Å²) in [6, 6.07) is 0. The van der Waals surface area contributed by atoms with Crippen LogP contribution < -0.4 is 5.73 Å². The Labute approximate surface area is 92.1 Å². The molecule has 15 heavy (non-hydrogen) atoms. The molecule has 0 aliphatic heterocycles. The van der Waals surface area contributed by atoms with Gasteiger partial charge in [0.05, 0.1) is 0 Å². The van der Waals surface area contributed by atoms with E-state index in [4.69, 9.17) is 10.5 Å². The van der Waals surface area contributed by atoms with Gasteiger partial charge in [0.25, 0.3) is 0 Å². The Balaban J connectivity index is 3.73. The van der Waals surface area contributed by atoms with E-state index in [9.17, 15) is 4.79 Å². The third kappa shape index (κ3) is 8.15. The molecule has 0 aromatic rings. The van der Waals surface area contributed by atoms with Gasteiger partial charge in [0, 0.05) is 12.1 Å². The Morgan fingerprint density at radius 2 is 2.13 bits per heavy atom. The van der Waals surface area contributed by atoms with E-state index >= 15 is 0 Å². The highest BCUT2D eigenvalue weighted by atomic mass is 16.5. The van der Waals surface area contributed by atoms with Crippen molar-refractivity contribution in [3.8, 4) is 0 Å². The summed E-state index contributed by atoms with van der Waals surface area (Å²) < 4.78 is 5.07. The fraction of sp³-hybridized carbons (Fsp3) is 0.727. The molecule has 0 spiro atoms. The number of likely N-dealkylation sites (N-methyl/N-ethyl adjacent to an activating group) is 1. The van der Waals surface area contributed by atoms with Gasteiger partial charge in [-0.25, -0.2) is 4.79 Å². The second kappa shape index (κ2) is 8.44. The molecule has 88 valence electrons. The Morgan fingerprint density at radius 3 is 2.67 bits per heavy atom. The van der Waals surface area contributed by atoms with Gasteiger partial charge in [-0.3, -0.25) is 0 Å². The number of hydrogen-bond donors (Lipinski definition) is 1. The van der Waals surface area contributed by atoms with Crippen LogP contribution in [0.2, 0.25) is 0 Å². The summed E-state index contributed by atoms with van der Waals surface area (Å²) in [6.07, 6.45) is 3.62. The summed E-state index contributed by atoms with van der Waals surface area (Å²) in [5.41, 5.74) is 6.02. The quantitative estimate of drug-likeness (QED) is 0.386. The Hall–Kier alpha value is -0.870. The largest absolute Gasteiger partial charge is 0.461 e. The zero-order chi connectivity index (χ0) is 11.7. The summed E-state index contributed by atoms with van der Waals surface area (Å²) in [5.74, 6) is -0.228. The average molecular weight is 214 g/mol. The second-order valence-corrected chi connectivity index (χ2v) is 3.76. The molecule has 4 nitrogen and oxygen atoms in total. The molecular weight excluding hydrogens is 192 g/mol. The number of nitrogens with two attached hydrogens (primary N) is 1. The Morgan fingerprint density at radius 1 is 1.47 bits per heavy atom. The second-order valence-electron chi connectivity index (χ2n) is 3.76. The van der Waals surface area contributed by atoms with Crippen LogP contribution in [-0.2, 0) is 9.53 Å². The first kappa shape index (κ1) is 14.1. The van der Waals surface area contributed by atoms with Crippen molar-refractivity contribution < 1.29 is 9.53 Å². The van der Waals surface area contributed by atoms with Crippen molar-refractivity contribution in [2.75, 3.05) is 33.8 Å². The molecule has 0 saturated carbocycles. The lowest BCUT2D eigenvalue weighted by Gasteiger charge is -2.09. The third-order valence-electron chi connectivity index (χ3n) is 1.95. The number of ether oxygens (including phenoxy) is 1. The molecule has 0 bridgehead atoms. The van der Waals surface area contributed by atoms with E-state index in [0.29, 0.717) is 18.7 Å². The average Bonchev–Trinajstić information content (AvgIpc) is 2.17. The SMILES string of the molecule is CC(=CCCCN)C(=O)OCCN(C)C. The van der Waals surface area contributed by atoms with Crippen molar-refractivity contribution in [3.05, 3.63) is 11.6 Å². The zero-order valence-electron chi connectivity index (χ0n) is 9.95. The summed E-state index contributed by atoms with van der Waals surface area (Å²) in [7, 11) is 3.88. The van der Waals surface area contributed by atoms with Crippen molar-refractivity contribution in [1.82, 2.24) is 4.90 Å². The zero-order valence-corrected chi connectivity index (χ0v) is 9.95. The maximum absolute atomic E-state index is 11.4. The van der Waals surface area contributed by atoms with Gasteiger partial charge in [-0.05, 0) is 40.4 Å². The van der Waals surface area contributed by atoms with Crippen LogP contribution >= 0.6 is 0 Å². The van der Waals surface area contributed by atoms with Crippen LogP contribution in [0.1, 0.15) is 19.8 Å². The molecule has 0 heterocycles. The first-order valence-electron chi connectivity index (χ1n) is 5.26. The molecule has 0 atom stereocenters. The molecule has 2 N–H and O–H groups in total. The van der Waals surface area contributed by atoms with Crippen LogP contribution in [0.5, 0.6) is 0 Å². The van der Waals surface area contributed by atoms with E-state index in [1.165, 1.54) is 0 Å². The van der Waals surface area contributed by atoms with Gasteiger partial charge >= 0.3 is 5.97 Å². The fourth-order valence-corrected chi connectivity index (χ4v) is 0.955. The first-order valence-corrected chi connectivity index (χ1v) is 5.26. The van der Waals surface area contributed by atoms with E-state index in [2.05, 4.69) is 0 Å². The molecule has 0 aromatic carbocycles. The molecule has 0 unspecified atom stereocenters. The lowest BCUT2D eigenvalue weighted by Crippen LogP contribution is -2.20. The fourth-order valence-electron chi connectivity index (χ4n) is 0.955. The van der Waals surface area contributed by atoms with E-state index < -0.39 is 0 Å². The molecule has 0 aliphatic rings. The van der Waals surface area contributed by atoms with Gasteiger partial charge in [0.15, 0.2) is 0 Å². The number of rotatable bonds is 7. The standard InChI is InChI=1S/C11H22N2O2/c1-10(6-4-5-7-12)11(14)15-9-8-13(2)3/h6H,4-5,7-9,12H2,1-3H3. The van der Waals surface area contributed by atoms with Crippen molar-refractivity contribution in [1.29, 1.82) is 0 Å². The summed E-state index contributed by atoms with van der Waals surface area (Å²) in [5, 5.41) is 0. The van der Waals surface area contributed by atoms with Gasteiger partial charge < -0.3 is 15.4 Å². The van der Waals surface area contributed by atoms with Crippen LogP contribution in [0.3, 0.4) is 0 Å². The maximum Gasteiger partial charge on any atom is 0.333 e. The van der Waals surface area contributed by atoms with Crippen molar-refractivity contribution >= 4 is 5.97 Å². The molecule has 0 aliphatic carbocycles. The van der Waals surface area contributed by atoms with Crippen molar-refractivity contribution in [2.45, 2.75) is 19.8 Å². The van der Waals surface area contributed by atoms with Crippen molar-refractivity contribution in [2.24, 2.45) is 5.73 Å². The topological polar surface area (TPSA) is 55.6 Å². The monoisotopic (exact) mass is 214 g/mol. The summed E-state index contributed by atoms with van der Waals surface area (Å²) in [6.45, 7) is 3.61. The van der Waals surface area contributed by atoms with E-state index in [-0.39, 0.29) is 5.97 Å². The molecule has 0 rings (SSSR count). The number of esters is 1. The minimum Gasteiger partial charge on any atom is -0.461 e. The predicted octanol–water partition coefficient (Wildman–Crippen LogP) is 0.776. The highest BCUT2D eigenvalue weighted by molar-refractivity contribution is 5.87. The molecular formula is C11H22N2O2. The van der Waals surface area contributed by atoms with Crippen molar-refractivity contribution in [3.63, 3.8) is 0 Å². The van der Waals surface area contributed by atoms with E-state index in [0.717, 1.165) is 19.4 Å². The summed E-state index contributed by atoms with van der Waals surface area (Å²) >= 11 is 0. The predicted molar refractivity (Wildman–Crippen MR) is 61.6 cm³/mol. The minimum absolute atomic E-state index is 0.228. The highest BCUT2D eigenvalue weighted by Gasteiger charge is 2.04. The number of unbranched alkanes of at least 4 members (excludes halogenated alkanes) is 1. The van der Waals surface area contributed by atoms with Crippen LogP contribution in [0.15, 0.2) is 11.6 Å². The molecule has 0 aromatic heterocycles.